The van der Waals surface area contributed by atoms with Crippen molar-refractivity contribution in [2.75, 3.05) is 25.0 Å². The topological polar surface area (TPSA) is 49.7 Å². The van der Waals surface area contributed by atoms with Gasteiger partial charge in [0.1, 0.15) is 0 Å². The number of halogens is 2. The van der Waals surface area contributed by atoms with E-state index < -0.39 is 0 Å². The zero-order valence-corrected chi connectivity index (χ0v) is 11.4. The van der Waals surface area contributed by atoms with E-state index in [1.807, 2.05) is 0 Å². The minimum Gasteiger partial charge on any atom is -0.395 e. The molecule has 2 unspecified atom stereocenters. The molecule has 0 aromatic heterocycles. The second-order valence-corrected chi connectivity index (χ2v) is 5.84. The van der Waals surface area contributed by atoms with Crippen LogP contribution in [0.3, 0.4) is 0 Å². The molecule has 0 aliphatic rings. The molecular weight excluding hydrogens is 279 g/mol. The van der Waals surface area contributed by atoms with Gasteiger partial charge in [0.05, 0.1) is 23.7 Å². The molecule has 0 fully saturated rings. The number of alkyl halides is 2. The van der Waals surface area contributed by atoms with Crippen LogP contribution in [-0.4, -0.2) is 45.7 Å². The van der Waals surface area contributed by atoms with Crippen molar-refractivity contribution < 1.29 is 13.8 Å². The molecule has 0 aromatic carbocycles. The van der Waals surface area contributed by atoms with Gasteiger partial charge in [-0.2, -0.15) is 0 Å². The van der Waals surface area contributed by atoms with Gasteiger partial charge in [-0.15, -0.1) is 23.2 Å². The Kier molecular flexibility index (Phi) is 12.5. The Labute approximate surface area is 109 Å². The molecule has 0 aromatic rings. The highest BCUT2D eigenvalue weighted by Gasteiger charge is 2.12. The molecular formula is C8H16Cl2O3S2. The normalized spacial score (nSPS) is 15.2. The molecule has 0 amide bonds. The van der Waals surface area contributed by atoms with E-state index in [0.717, 1.165) is 0 Å². The standard InChI is InChI=1S/C8H16Cl2O3S2/c9-3-1-7(5-11)14-13-15-8(6-12)2-4-10/h7-8,11-12H,1-6H2. The number of hydrogen-bond acceptors (Lipinski definition) is 5. The highest BCUT2D eigenvalue weighted by atomic mass is 35.5. The van der Waals surface area contributed by atoms with Crippen molar-refractivity contribution in [1.29, 1.82) is 0 Å². The Bertz CT molecular complexity index is 129. The minimum atomic E-state index is -0.00894. The van der Waals surface area contributed by atoms with Gasteiger partial charge >= 0.3 is 0 Å². The van der Waals surface area contributed by atoms with E-state index in [-0.39, 0.29) is 23.7 Å². The highest BCUT2D eigenvalue weighted by molar-refractivity contribution is 8.08. The van der Waals surface area contributed by atoms with Crippen LogP contribution >= 0.6 is 47.3 Å². The van der Waals surface area contributed by atoms with Crippen LogP contribution in [0.4, 0.5) is 0 Å². The largest absolute Gasteiger partial charge is 0.395 e. The van der Waals surface area contributed by atoms with Crippen molar-refractivity contribution in [3.05, 3.63) is 0 Å². The number of rotatable bonds is 10. The number of aliphatic hydroxyl groups excluding tert-OH is 2. The van der Waals surface area contributed by atoms with Crippen LogP contribution in [0, 0.1) is 0 Å². The molecule has 0 saturated carbocycles. The molecule has 15 heavy (non-hydrogen) atoms. The molecule has 0 spiro atoms. The lowest BCUT2D eigenvalue weighted by Gasteiger charge is -2.14. The average molecular weight is 295 g/mol. The maximum absolute atomic E-state index is 8.94. The van der Waals surface area contributed by atoms with Crippen LogP contribution in [0.25, 0.3) is 0 Å². The van der Waals surface area contributed by atoms with Crippen LogP contribution < -0.4 is 0 Å². The molecule has 0 bridgehead atoms. The van der Waals surface area contributed by atoms with E-state index in [2.05, 4.69) is 0 Å². The van der Waals surface area contributed by atoms with Crippen molar-refractivity contribution in [3.63, 3.8) is 0 Å². The van der Waals surface area contributed by atoms with E-state index in [9.17, 15) is 0 Å². The van der Waals surface area contributed by atoms with Gasteiger partial charge in [-0.3, -0.25) is 0 Å². The fourth-order valence-electron chi connectivity index (χ4n) is 0.717. The van der Waals surface area contributed by atoms with Gasteiger partial charge < -0.3 is 10.2 Å². The summed E-state index contributed by atoms with van der Waals surface area (Å²) in [4.78, 5) is 0. The zero-order chi connectivity index (χ0) is 11.5. The van der Waals surface area contributed by atoms with Crippen LogP contribution in [0.1, 0.15) is 12.8 Å². The summed E-state index contributed by atoms with van der Waals surface area (Å²) < 4.78 is 5.24. The van der Waals surface area contributed by atoms with Gasteiger partial charge in [0.25, 0.3) is 0 Å². The summed E-state index contributed by atoms with van der Waals surface area (Å²) in [6.07, 6.45) is 1.39. The zero-order valence-electron chi connectivity index (χ0n) is 8.27. The second-order valence-electron chi connectivity index (χ2n) is 2.82. The monoisotopic (exact) mass is 294 g/mol. The molecule has 7 heteroatoms. The maximum Gasteiger partial charge on any atom is 0.0573 e. The molecule has 92 valence electrons. The summed E-state index contributed by atoms with van der Waals surface area (Å²) in [5.41, 5.74) is 0. The molecule has 0 aliphatic carbocycles. The first-order valence-corrected chi connectivity index (χ1v) is 7.28. The van der Waals surface area contributed by atoms with Gasteiger partial charge in [0, 0.05) is 35.8 Å². The highest BCUT2D eigenvalue weighted by Crippen LogP contribution is 2.26. The van der Waals surface area contributed by atoms with Crippen LogP contribution in [0.2, 0.25) is 0 Å². The van der Waals surface area contributed by atoms with Crippen LogP contribution in [0.15, 0.2) is 0 Å². The third-order valence-electron chi connectivity index (χ3n) is 1.62. The van der Waals surface area contributed by atoms with Crippen molar-refractivity contribution >= 4 is 47.3 Å². The third kappa shape index (κ3) is 8.92. The quantitative estimate of drug-likeness (QED) is 0.478. The molecule has 3 nitrogen and oxygen atoms in total. The van der Waals surface area contributed by atoms with Gasteiger partial charge in [0.2, 0.25) is 0 Å². The van der Waals surface area contributed by atoms with Gasteiger partial charge in [-0.05, 0) is 12.8 Å². The van der Waals surface area contributed by atoms with E-state index in [1.165, 1.54) is 24.1 Å². The lowest BCUT2D eigenvalue weighted by Crippen LogP contribution is -2.11. The van der Waals surface area contributed by atoms with Gasteiger partial charge in [-0.25, -0.2) is 3.63 Å². The second kappa shape index (κ2) is 11.6. The molecule has 0 saturated heterocycles. The SMILES string of the molecule is OCC(CCCl)SOSC(CO)CCCl. The summed E-state index contributed by atoms with van der Waals surface area (Å²) in [5.74, 6) is 0.995. The smallest absolute Gasteiger partial charge is 0.0573 e. The van der Waals surface area contributed by atoms with Crippen molar-refractivity contribution in [1.82, 2.24) is 0 Å². The Morgan fingerprint density at radius 3 is 1.60 bits per heavy atom. The van der Waals surface area contributed by atoms with E-state index >= 15 is 0 Å². The fourth-order valence-corrected chi connectivity index (χ4v) is 3.12. The van der Waals surface area contributed by atoms with Gasteiger partial charge in [0.15, 0.2) is 0 Å². The summed E-state index contributed by atoms with van der Waals surface area (Å²) in [7, 11) is 0. The Balaban J connectivity index is 3.55. The Morgan fingerprint density at radius 2 is 1.33 bits per heavy atom. The van der Waals surface area contributed by atoms with Crippen LogP contribution in [0.5, 0.6) is 0 Å². The number of aliphatic hydroxyl groups is 2. The lowest BCUT2D eigenvalue weighted by molar-refractivity contribution is 0.289. The first kappa shape index (κ1) is 16.2. The number of hydrogen-bond donors (Lipinski definition) is 2. The molecule has 0 aliphatic heterocycles. The molecule has 0 radical (unpaired) electrons. The minimum absolute atomic E-state index is 0.00894. The first-order chi connectivity index (χ1) is 7.28. The van der Waals surface area contributed by atoms with E-state index in [4.69, 9.17) is 37.0 Å². The Morgan fingerprint density at radius 1 is 0.933 bits per heavy atom. The van der Waals surface area contributed by atoms with Crippen molar-refractivity contribution in [2.45, 2.75) is 23.3 Å². The third-order valence-corrected chi connectivity index (χ3v) is 4.00. The Hall–Kier alpha value is 1.16. The van der Waals surface area contributed by atoms with E-state index in [0.29, 0.717) is 24.6 Å². The maximum atomic E-state index is 8.94. The molecule has 2 N–H and O–H groups in total. The molecule has 2 atom stereocenters. The molecule has 0 heterocycles. The van der Waals surface area contributed by atoms with Crippen molar-refractivity contribution in [3.8, 4) is 0 Å². The predicted octanol–water partition coefficient (Wildman–Crippen LogP) is 2.28. The summed E-state index contributed by atoms with van der Waals surface area (Å²) >= 11 is 13.5. The summed E-state index contributed by atoms with van der Waals surface area (Å²) in [6.45, 7) is 0.0779. The fraction of sp³-hybridized carbons (Fsp3) is 1.00. The van der Waals surface area contributed by atoms with Crippen molar-refractivity contribution in [2.24, 2.45) is 0 Å². The lowest BCUT2D eigenvalue weighted by atomic mass is 10.3. The van der Waals surface area contributed by atoms with Gasteiger partial charge in [-0.1, -0.05) is 0 Å². The summed E-state index contributed by atoms with van der Waals surface area (Å²) in [6, 6.07) is 0. The van der Waals surface area contributed by atoms with E-state index in [1.54, 1.807) is 0 Å². The average Bonchev–Trinajstić information content (AvgIpc) is 2.26. The molecule has 0 rings (SSSR count). The first-order valence-electron chi connectivity index (χ1n) is 4.60. The predicted molar refractivity (Wildman–Crippen MR) is 68.7 cm³/mol. The summed E-state index contributed by atoms with van der Waals surface area (Å²) in [5, 5.41) is 17.9. The van der Waals surface area contributed by atoms with Crippen LogP contribution in [-0.2, 0) is 3.63 Å².